The van der Waals surface area contributed by atoms with Gasteiger partial charge in [-0.1, -0.05) is 24.3 Å². The van der Waals surface area contributed by atoms with E-state index in [9.17, 15) is 4.79 Å². The zero-order chi connectivity index (χ0) is 18.6. The molecule has 27 heavy (non-hydrogen) atoms. The van der Waals surface area contributed by atoms with Gasteiger partial charge in [0.15, 0.2) is 5.96 Å². The van der Waals surface area contributed by atoms with Gasteiger partial charge in [0.05, 0.1) is 0 Å². The molecule has 1 saturated heterocycles. The minimum atomic E-state index is 0. The molecule has 1 aromatic carbocycles. The number of hydrogen-bond acceptors (Lipinski definition) is 2. The molecule has 2 fully saturated rings. The minimum absolute atomic E-state index is 0. The summed E-state index contributed by atoms with van der Waals surface area (Å²) in [5, 5.41) is 6.36. The lowest BCUT2D eigenvalue weighted by Gasteiger charge is -2.34. The molecule has 0 spiro atoms. The van der Waals surface area contributed by atoms with Crippen molar-refractivity contribution in [3.05, 3.63) is 35.4 Å². The summed E-state index contributed by atoms with van der Waals surface area (Å²) in [4.78, 5) is 18.4. The van der Waals surface area contributed by atoms with Gasteiger partial charge >= 0.3 is 0 Å². The summed E-state index contributed by atoms with van der Waals surface area (Å²) in [5.74, 6) is 1.65. The lowest BCUT2D eigenvalue weighted by Crippen LogP contribution is -2.47. The van der Waals surface area contributed by atoms with Gasteiger partial charge in [0.25, 0.3) is 0 Å². The Bertz CT molecular complexity index is 664. The maximum Gasteiger partial charge on any atom is 0.220 e. The first-order valence-corrected chi connectivity index (χ1v) is 9.80. The molecule has 0 atom stereocenters. The largest absolute Gasteiger partial charge is 0.359 e. The Labute approximate surface area is 180 Å². The van der Waals surface area contributed by atoms with Crippen molar-refractivity contribution in [2.75, 3.05) is 33.7 Å². The molecule has 2 aliphatic rings. The predicted octanol–water partition coefficient (Wildman–Crippen LogP) is 3.07. The van der Waals surface area contributed by atoms with E-state index in [0.717, 1.165) is 38.4 Å². The van der Waals surface area contributed by atoms with Crippen molar-refractivity contribution in [1.29, 1.82) is 0 Å². The molecule has 1 aromatic rings. The van der Waals surface area contributed by atoms with E-state index in [4.69, 9.17) is 0 Å². The van der Waals surface area contributed by atoms with Crippen LogP contribution in [0.2, 0.25) is 0 Å². The van der Waals surface area contributed by atoms with Crippen LogP contribution in [0.1, 0.15) is 43.2 Å². The maximum atomic E-state index is 11.6. The van der Waals surface area contributed by atoms with E-state index >= 15 is 0 Å². The molecule has 1 amide bonds. The number of nitrogens with one attached hydrogen (secondary N) is 2. The highest BCUT2D eigenvalue weighted by Gasteiger charge is 2.45. The predicted molar refractivity (Wildman–Crippen MR) is 122 cm³/mol. The first kappa shape index (κ1) is 22.0. The summed E-state index contributed by atoms with van der Waals surface area (Å²) < 4.78 is 0. The first-order chi connectivity index (χ1) is 12.6. The molecule has 0 unspecified atom stereocenters. The maximum absolute atomic E-state index is 11.6. The van der Waals surface area contributed by atoms with Crippen molar-refractivity contribution >= 4 is 35.8 Å². The van der Waals surface area contributed by atoms with Crippen molar-refractivity contribution in [3.8, 4) is 0 Å². The molecule has 0 bridgehead atoms. The molecule has 0 aromatic heterocycles. The second-order valence-electron chi connectivity index (χ2n) is 7.80. The highest BCUT2D eigenvalue weighted by atomic mass is 127. The van der Waals surface area contributed by atoms with Crippen LogP contribution in [0.3, 0.4) is 0 Å². The molecule has 6 heteroatoms. The van der Waals surface area contributed by atoms with E-state index in [-0.39, 0.29) is 35.3 Å². The summed E-state index contributed by atoms with van der Waals surface area (Å²) >= 11 is 0. The molecular weight excluding hydrogens is 451 g/mol. The number of carbonyl (C=O) groups is 1. The second-order valence-corrected chi connectivity index (χ2v) is 7.80. The van der Waals surface area contributed by atoms with Gasteiger partial charge < -0.3 is 15.5 Å². The summed E-state index contributed by atoms with van der Waals surface area (Å²) in [6.07, 6.45) is 5.24. The van der Waals surface area contributed by atoms with Gasteiger partial charge in [-0.05, 0) is 49.7 Å². The number of halogens is 1. The average molecular weight is 484 g/mol. The smallest absolute Gasteiger partial charge is 0.220 e. The average Bonchev–Trinajstić information content (AvgIpc) is 3.44. The number of benzene rings is 1. The molecule has 5 nitrogen and oxygen atoms in total. The van der Waals surface area contributed by atoms with E-state index in [0.29, 0.717) is 12.3 Å². The molecule has 1 aliphatic heterocycles. The Kier molecular flexibility index (Phi) is 7.94. The van der Waals surface area contributed by atoms with Crippen molar-refractivity contribution in [2.45, 2.75) is 44.4 Å². The SMILES string of the molecule is CN=C(NCC1(c2ccccc2C)CC1)N1CCC(CC(=O)NC)CC1.I. The van der Waals surface area contributed by atoms with Crippen LogP contribution in [0.25, 0.3) is 0 Å². The number of rotatable bonds is 5. The third-order valence-corrected chi connectivity index (χ3v) is 6.03. The van der Waals surface area contributed by atoms with Crippen molar-refractivity contribution in [2.24, 2.45) is 10.9 Å². The van der Waals surface area contributed by atoms with Gasteiger partial charge in [-0.3, -0.25) is 9.79 Å². The Morgan fingerprint density at radius 2 is 1.93 bits per heavy atom. The minimum Gasteiger partial charge on any atom is -0.359 e. The lowest BCUT2D eigenvalue weighted by atomic mass is 9.91. The fraction of sp³-hybridized carbons (Fsp3) is 0.619. The highest BCUT2D eigenvalue weighted by Crippen LogP contribution is 2.48. The van der Waals surface area contributed by atoms with Crippen molar-refractivity contribution in [1.82, 2.24) is 15.5 Å². The van der Waals surface area contributed by atoms with Crippen LogP contribution < -0.4 is 10.6 Å². The van der Waals surface area contributed by atoms with Gasteiger partial charge in [0.1, 0.15) is 0 Å². The van der Waals surface area contributed by atoms with E-state index in [2.05, 4.69) is 51.7 Å². The number of guanidine groups is 1. The molecule has 150 valence electrons. The quantitative estimate of drug-likeness (QED) is 0.384. The first-order valence-electron chi connectivity index (χ1n) is 9.80. The van der Waals surface area contributed by atoms with Crippen LogP contribution in [0.4, 0.5) is 0 Å². The normalized spacial score (nSPS) is 19.2. The number of hydrogen-bond donors (Lipinski definition) is 2. The number of amides is 1. The van der Waals surface area contributed by atoms with Crippen LogP contribution in [0.5, 0.6) is 0 Å². The van der Waals surface area contributed by atoms with Gasteiger partial charge in [-0.15, -0.1) is 24.0 Å². The van der Waals surface area contributed by atoms with Gasteiger partial charge in [-0.25, -0.2) is 0 Å². The molecule has 1 aliphatic carbocycles. The van der Waals surface area contributed by atoms with Crippen LogP contribution >= 0.6 is 24.0 Å². The fourth-order valence-electron chi connectivity index (χ4n) is 4.15. The highest BCUT2D eigenvalue weighted by molar-refractivity contribution is 14.0. The number of nitrogens with zero attached hydrogens (tertiary/aromatic N) is 2. The van der Waals surface area contributed by atoms with Crippen molar-refractivity contribution < 1.29 is 4.79 Å². The lowest BCUT2D eigenvalue weighted by molar-refractivity contribution is -0.121. The molecule has 2 N–H and O–H groups in total. The Balaban J connectivity index is 0.00000261. The summed E-state index contributed by atoms with van der Waals surface area (Å²) in [6.45, 7) is 5.10. The van der Waals surface area contributed by atoms with E-state index in [1.54, 1.807) is 7.05 Å². The van der Waals surface area contributed by atoms with E-state index in [1.807, 2.05) is 7.05 Å². The monoisotopic (exact) mass is 484 g/mol. The molecule has 3 rings (SSSR count). The third-order valence-electron chi connectivity index (χ3n) is 6.03. The molecule has 1 heterocycles. The number of likely N-dealkylation sites (tertiary alicyclic amines) is 1. The van der Waals surface area contributed by atoms with Gasteiger partial charge in [0, 0.05) is 45.6 Å². The zero-order valence-corrected chi connectivity index (χ0v) is 19.1. The zero-order valence-electron chi connectivity index (χ0n) is 16.8. The fourth-order valence-corrected chi connectivity index (χ4v) is 4.15. The molecule has 1 saturated carbocycles. The summed E-state index contributed by atoms with van der Waals surface area (Å²) in [7, 11) is 3.58. The standard InChI is InChI=1S/C21H32N4O.HI/c1-16-6-4-5-7-18(16)21(10-11-21)15-24-20(23-3)25-12-8-17(9-13-25)14-19(26)22-2;/h4-7,17H,8-15H2,1-3H3,(H,22,26)(H,23,24);1H. The van der Waals surface area contributed by atoms with Crippen LogP contribution in [-0.4, -0.2) is 50.5 Å². The van der Waals surface area contributed by atoms with E-state index in [1.165, 1.54) is 24.0 Å². The number of aryl methyl sites for hydroxylation is 1. The Morgan fingerprint density at radius 3 is 2.48 bits per heavy atom. The van der Waals surface area contributed by atoms with Crippen LogP contribution in [0.15, 0.2) is 29.3 Å². The van der Waals surface area contributed by atoms with Crippen LogP contribution in [0, 0.1) is 12.8 Å². The number of carbonyl (C=O) groups excluding carboxylic acids is 1. The van der Waals surface area contributed by atoms with E-state index < -0.39 is 0 Å². The molecular formula is C21H33IN4O. The van der Waals surface area contributed by atoms with Crippen molar-refractivity contribution in [3.63, 3.8) is 0 Å². The number of piperidine rings is 1. The van der Waals surface area contributed by atoms with Crippen LogP contribution in [-0.2, 0) is 10.2 Å². The van der Waals surface area contributed by atoms with Gasteiger partial charge in [0.2, 0.25) is 5.91 Å². The summed E-state index contributed by atoms with van der Waals surface area (Å²) in [5.41, 5.74) is 3.14. The Morgan fingerprint density at radius 1 is 1.26 bits per heavy atom. The Hall–Kier alpha value is -1.31. The molecule has 0 radical (unpaired) electrons. The topological polar surface area (TPSA) is 56.7 Å². The van der Waals surface area contributed by atoms with Gasteiger partial charge in [-0.2, -0.15) is 0 Å². The number of aliphatic imine (C=N–C) groups is 1. The third kappa shape index (κ3) is 5.36. The summed E-state index contributed by atoms with van der Waals surface area (Å²) in [6, 6.07) is 8.75. The second kappa shape index (κ2) is 9.75.